The normalized spacial score (nSPS) is 56.1. The van der Waals surface area contributed by atoms with Gasteiger partial charge in [-0.15, -0.1) is 0 Å². The van der Waals surface area contributed by atoms with Crippen molar-refractivity contribution in [3.63, 3.8) is 0 Å². The number of carbonyl (C=O) groups excluding carboxylic acids is 1. The molecular formula is C19H25BrO2. The molecule has 2 nitrogen and oxygen atoms in total. The highest BCUT2D eigenvalue weighted by Crippen LogP contribution is 2.81. The summed E-state index contributed by atoms with van der Waals surface area (Å²) in [5.74, 6) is 3.33. The lowest BCUT2D eigenvalue weighted by atomic mass is 9.49. The van der Waals surface area contributed by atoms with Crippen LogP contribution >= 0.6 is 15.9 Å². The molecule has 120 valence electrons. The summed E-state index contributed by atoms with van der Waals surface area (Å²) in [6, 6.07) is 0. The monoisotopic (exact) mass is 364 g/mol. The van der Waals surface area contributed by atoms with E-state index in [2.05, 4.69) is 22.9 Å². The van der Waals surface area contributed by atoms with Crippen LogP contribution < -0.4 is 0 Å². The number of ketones is 1. The molecule has 0 aliphatic heterocycles. The maximum absolute atomic E-state index is 12.0. The minimum atomic E-state index is -0.0659. The minimum Gasteiger partial charge on any atom is -0.393 e. The Morgan fingerprint density at radius 2 is 2.05 bits per heavy atom. The maximum Gasteiger partial charge on any atom is 0.169 e. The molecular weight excluding hydrogens is 340 g/mol. The molecule has 0 bridgehead atoms. The van der Waals surface area contributed by atoms with Crippen LogP contribution in [-0.4, -0.2) is 17.0 Å². The van der Waals surface area contributed by atoms with E-state index in [1.54, 1.807) is 0 Å². The van der Waals surface area contributed by atoms with Gasteiger partial charge in [0, 0.05) is 6.42 Å². The van der Waals surface area contributed by atoms with E-state index in [4.69, 9.17) is 0 Å². The van der Waals surface area contributed by atoms with Crippen molar-refractivity contribution in [2.75, 3.05) is 0 Å². The van der Waals surface area contributed by atoms with E-state index < -0.39 is 0 Å². The summed E-state index contributed by atoms with van der Waals surface area (Å²) in [5, 5.41) is 10.6. The average molecular weight is 365 g/mol. The summed E-state index contributed by atoms with van der Waals surface area (Å²) in [7, 11) is 0. The SMILES string of the molecule is C[C@]12CCC3C4CCC(=O)C(Br)=C4CCC3[C@@]13C[C@H]3C[C@H]2O. The molecule has 0 aromatic carbocycles. The van der Waals surface area contributed by atoms with Crippen LogP contribution in [0.25, 0.3) is 0 Å². The van der Waals surface area contributed by atoms with E-state index in [0.29, 0.717) is 17.1 Å². The first-order valence-corrected chi connectivity index (χ1v) is 9.88. The molecule has 1 spiro atoms. The van der Waals surface area contributed by atoms with Gasteiger partial charge in [-0.2, -0.15) is 0 Å². The fourth-order valence-electron chi connectivity index (χ4n) is 7.45. The first kappa shape index (κ1) is 14.2. The summed E-state index contributed by atoms with van der Waals surface area (Å²) in [6.45, 7) is 2.38. The number of fused-ring (bicyclic) bond motifs is 3. The van der Waals surface area contributed by atoms with E-state index in [9.17, 15) is 9.90 Å². The Morgan fingerprint density at radius 3 is 2.86 bits per heavy atom. The Balaban J connectivity index is 1.54. The van der Waals surface area contributed by atoms with Crippen molar-refractivity contribution < 1.29 is 9.90 Å². The van der Waals surface area contributed by atoms with Gasteiger partial charge in [0.25, 0.3) is 0 Å². The summed E-state index contributed by atoms with van der Waals surface area (Å²) >= 11 is 3.60. The number of Topliss-reactive ketones (excluding diaryl/α,β-unsaturated/α-hetero) is 1. The molecule has 5 rings (SSSR count). The number of hydrogen-bond donors (Lipinski definition) is 1. The lowest BCUT2D eigenvalue weighted by Crippen LogP contribution is -2.50. The predicted molar refractivity (Wildman–Crippen MR) is 88.4 cm³/mol. The summed E-state index contributed by atoms with van der Waals surface area (Å²) < 4.78 is 0.923. The van der Waals surface area contributed by atoms with E-state index in [-0.39, 0.29) is 11.5 Å². The lowest BCUT2D eigenvalue weighted by molar-refractivity contribution is -0.117. The minimum absolute atomic E-state index is 0.0659. The topological polar surface area (TPSA) is 37.3 Å². The average Bonchev–Trinajstić information content (AvgIpc) is 3.16. The molecule has 1 N–H and O–H groups in total. The fraction of sp³-hybridized carbons (Fsp3) is 0.842. The third-order valence-corrected chi connectivity index (χ3v) is 9.48. The van der Waals surface area contributed by atoms with Crippen LogP contribution in [0.2, 0.25) is 0 Å². The molecule has 0 radical (unpaired) electrons. The van der Waals surface area contributed by atoms with E-state index in [1.165, 1.54) is 31.3 Å². The van der Waals surface area contributed by atoms with Crippen molar-refractivity contribution in [1.29, 1.82) is 0 Å². The van der Waals surface area contributed by atoms with E-state index >= 15 is 0 Å². The van der Waals surface area contributed by atoms with Gasteiger partial charge in [0.05, 0.1) is 10.6 Å². The Kier molecular flexibility index (Phi) is 2.76. The van der Waals surface area contributed by atoms with E-state index in [0.717, 1.165) is 47.9 Å². The lowest BCUT2D eigenvalue weighted by Gasteiger charge is -2.55. The maximum atomic E-state index is 12.0. The Bertz CT molecular complexity index is 596. The molecule has 3 heteroatoms. The molecule has 4 saturated carbocycles. The van der Waals surface area contributed by atoms with Gasteiger partial charge in [0.15, 0.2) is 5.78 Å². The van der Waals surface area contributed by atoms with Crippen LogP contribution in [0.15, 0.2) is 10.1 Å². The number of aliphatic hydroxyl groups is 1. The summed E-state index contributed by atoms with van der Waals surface area (Å²) in [5.41, 5.74) is 2.07. The number of allylic oxidation sites excluding steroid dienone is 1. The van der Waals surface area contributed by atoms with Gasteiger partial charge in [-0.1, -0.05) is 6.92 Å². The van der Waals surface area contributed by atoms with Gasteiger partial charge in [0.1, 0.15) is 0 Å². The van der Waals surface area contributed by atoms with Gasteiger partial charge < -0.3 is 5.11 Å². The van der Waals surface area contributed by atoms with Crippen LogP contribution in [-0.2, 0) is 4.79 Å². The molecule has 0 saturated heterocycles. The number of hydrogen-bond acceptors (Lipinski definition) is 2. The van der Waals surface area contributed by atoms with Crippen LogP contribution in [0.5, 0.6) is 0 Å². The van der Waals surface area contributed by atoms with Crippen molar-refractivity contribution in [1.82, 2.24) is 0 Å². The number of rotatable bonds is 0. The highest BCUT2D eigenvalue weighted by molar-refractivity contribution is 9.12. The zero-order chi connectivity index (χ0) is 15.3. The standard InChI is InChI=1S/C19H25BrO2/c1-18-7-6-12-11-3-5-15(21)17(20)13(11)2-4-14(12)19(18)9-10(19)8-16(18)22/h10-12,14,16,22H,2-9H2,1H3/t10-,11?,12?,14?,16-,18-,19+/m1/s1. The quantitative estimate of drug-likeness (QED) is 0.698. The molecule has 22 heavy (non-hydrogen) atoms. The fourth-order valence-corrected chi connectivity index (χ4v) is 8.14. The van der Waals surface area contributed by atoms with Gasteiger partial charge in [-0.25, -0.2) is 0 Å². The van der Waals surface area contributed by atoms with Crippen molar-refractivity contribution >= 4 is 21.7 Å². The van der Waals surface area contributed by atoms with Gasteiger partial charge in [-0.05, 0) is 101 Å². The Hall–Kier alpha value is -0.150. The third-order valence-electron chi connectivity index (χ3n) is 8.53. The number of aliphatic hydroxyl groups excluding tert-OH is 1. The second-order valence-corrected chi connectivity index (χ2v) is 9.66. The zero-order valence-corrected chi connectivity index (χ0v) is 14.9. The smallest absolute Gasteiger partial charge is 0.169 e. The second-order valence-electron chi connectivity index (χ2n) is 8.87. The highest BCUT2D eigenvalue weighted by Gasteiger charge is 2.76. The predicted octanol–water partition coefficient (Wildman–Crippen LogP) is 4.21. The van der Waals surface area contributed by atoms with Crippen molar-refractivity contribution in [3.05, 3.63) is 10.1 Å². The van der Waals surface area contributed by atoms with Gasteiger partial charge in [-0.3, -0.25) is 4.79 Å². The second kappa shape index (κ2) is 4.27. The molecule has 3 unspecified atom stereocenters. The summed E-state index contributed by atoms with van der Waals surface area (Å²) in [4.78, 5) is 12.0. The number of halogens is 1. The first-order chi connectivity index (χ1) is 10.5. The molecule has 0 aromatic rings. The molecule has 4 fully saturated rings. The van der Waals surface area contributed by atoms with Crippen LogP contribution in [0.3, 0.4) is 0 Å². The van der Waals surface area contributed by atoms with Crippen molar-refractivity contribution in [3.8, 4) is 0 Å². The Labute approximate surface area is 140 Å². The van der Waals surface area contributed by atoms with Crippen molar-refractivity contribution in [2.24, 2.45) is 34.5 Å². The van der Waals surface area contributed by atoms with Gasteiger partial charge in [0.2, 0.25) is 0 Å². The Morgan fingerprint density at radius 1 is 1.23 bits per heavy atom. The molecule has 0 aromatic heterocycles. The highest BCUT2D eigenvalue weighted by atomic mass is 79.9. The first-order valence-electron chi connectivity index (χ1n) is 9.09. The molecule has 5 aliphatic rings. The summed E-state index contributed by atoms with van der Waals surface area (Å²) in [6.07, 6.45) is 8.97. The third kappa shape index (κ3) is 1.45. The zero-order valence-electron chi connectivity index (χ0n) is 13.3. The van der Waals surface area contributed by atoms with E-state index in [1.807, 2.05) is 0 Å². The molecule has 5 aliphatic carbocycles. The van der Waals surface area contributed by atoms with Crippen LogP contribution in [0.4, 0.5) is 0 Å². The molecule has 0 amide bonds. The molecule has 0 heterocycles. The van der Waals surface area contributed by atoms with Crippen LogP contribution in [0, 0.1) is 34.5 Å². The largest absolute Gasteiger partial charge is 0.393 e. The number of carbonyl (C=O) groups is 1. The molecule has 7 atom stereocenters. The van der Waals surface area contributed by atoms with Crippen molar-refractivity contribution in [2.45, 2.75) is 64.4 Å². The van der Waals surface area contributed by atoms with Gasteiger partial charge >= 0.3 is 0 Å². The van der Waals surface area contributed by atoms with Crippen LogP contribution in [0.1, 0.15) is 58.3 Å².